The Morgan fingerprint density at radius 2 is 1.83 bits per heavy atom. The van der Waals surface area contributed by atoms with Crippen molar-refractivity contribution in [3.05, 3.63) is 65.7 Å². The SMILES string of the molecule is COCCNS(=O)(=O)c1cccc(C(=O)NCc2ccccc2)c1. The van der Waals surface area contributed by atoms with E-state index in [1.165, 1.54) is 19.2 Å². The van der Waals surface area contributed by atoms with Gasteiger partial charge in [0.1, 0.15) is 0 Å². The van der Waals surface area contributed by atoms with E-state index < -0.39 is 10.0 Å². The Morgan fingerprint density at radius 3 is 2.54 bits per heavy atom. The second-order valence-corrected chi connectivity index (χ2v) is 6.85. The summed E-state index contributed by atoms with van der Waals surface area (Å²) < 4.78 is 31.6. The molecule has 24 heavy (non-hydrogen) atoms. The predicted molar refractivity (Wildman–Crippen MR) is 91.1 cm³/mol. The van der Waals surface area contributed by atoms with Crippen LogP contribution >= 0.6 is 0 Å². The number of nitrogens with one attached hydrogen (secondary N) is 2. The summed E-state index contributed by atoms with van der Waals surface area (Å²) in [6.45, 7) is 0.822. The summed E-state index contributed by atoms with van der Waals surface area (Å²) in [7, 11) is -2.17. The highest BCUT2D eigenvalue weighted by Gasteiger charge is 2.15. The number of benzene rings is 2. The molecular formula is C17H20N2O4S. The number of amides is 1. The molecule has 0 saturated carbocycles. The van der Waals surface area contributed by atoms with Crippen molar-refractivity contribution in [1.82, 2.24) is 10.0 Å². The highest BCUT2D eigenvalue weighted by atomic mass is 32.2. The summed E-state index contributed by atoms with van der Waals surface area (Å²) in [5, 5.41) is 2.77. The Hall–Kier alpha value is -2.22. The third-order valence-electron chi connectivity index (χ3n) is 3.30. The van der Waals surface area contributed by atoms with Crippen LogP contribution in [0.5, 0.6) is 0 Å². The predicted octanol–water partition coefficient (Wildman–Crippen LogP) is 1.54. The van der Waals surface area contributed by atoms with Crippen molar-refractivity contribution in [2.45, 2.75) is 11.4 Å². The topological polar surface area (TPSA) is 84.5 Å². The number of sulfonamides is 1. The molecule has 0 aliphatic heterocycles. The van der Waals surface area contributed by atoms with Gasteiger partial charge in [-0.15, -0.1) is 0 Å². The summed E-state index contributed by atoms with van der Waals surface area (Å²) >= 11 is 0. The van der Waals surface area contributed by atoms with E-state index in [4.69, 9.17) is 4.74 Å². The van der Waals surface area contributed by atoms with Gasteiger partial charge >= 0.3 is 0 Å². The van der Waals surface area contributed by atoms with Crippen LogP contribution in [0.4, 0.5) is 0 Å². The van der Waals surface area contributed by atoms with E-state index in [1.807, 2.05) is 30.3 Å². The van der Waals surface area contributed by atoms with Crippen molar-refractivity contribution < 1.29 is 17.9 Å². The van der Waals surface area contributed by atoms with Gasteiger partial charge in [0, 0.05) is 25.8 Å². The van der Waals surface area contributed by atoms with E-state index in [0.29, 0.717) is 12.1 Å². The molecule has 1 amide bonds. The largest absolute Gasteiger partial charge is 0.383 e. The van der Waals surface area contributed by atoms with Crippen LogP contribution in [0, 0.1) is 0 Å². The molecule has 0 aliphatic carbocycles. The lowest BCUT2D eigenvalue weighted by molar-refractivity contribution is 0.0950. The first kappa shape index (κ1) is 18.1. The normalized spacial score (nSPS) is 11.2. The molecule has 2 rings (SSSR count). The molecule has 2 aromatic carbocycles. The van der Waals surface area contributed by atoms with Gasteiger partial charge in [-0.25, -0.2) is 13.1 Å². The summed E-state index contributed by atoms with van der Waals surface area (Å²) in [4.78, 5) is 12.3. The third-order valence-corrected chi connectivity index (χ3v) is 4.76. The molecule has 0 spiro atoms. The van der Waals surface area contributed by atoms with Crippen molar-refractivity contribution in [2.24, 2.45) is 0 Å². The Bertz CT molecular complexity index is 776. The van der Waals surface area contributed by atoms with Gasteiger partial charge < -0.3 is 10.1 Å². The molecule has 0 unspecified atom stereocenters. The monoisotopic (exact) mass is 348 g/mol. The number of carbonyl (C=O) groups is 1. The highest BCUT2D eigenvalue weighted by molar-refractivity contribution is 7.89. The smallest absolute Gasteiger partial charge is 0.251 e. The van der Waals surface area contributed by atoms with Crippen molar-refractivity contribution in [3.8, 4) is 0 Å². The zero-order valence-corrected chi connectivity index (χ0v) is 14.2. The van der Waals surface area contributed by atoms with E-state index in [9.17, 15) is 13.2 Å². The lowest BCUT2D eigenvalue weighted by Gasteiger charge is -2.09. The minimum absolute atomic E-state index is 0.0472. The summed E-state index contributed by atoms with van der Waals surface area (Å²) in [6, 6.07) is 15.4. The van der Waals surface area contributed by atoms with E-state index >= 15 is 0 Å². The van der Waals surface area contributed by atoms with Gasteiger partial charge in [-0.05, 0) is 23.8 Å². The van der Waals surface area contributed by atoms with Crippen molar-refractivity contribution in [1.29, 1.82) is 0 Å². The van der Waals surface area contributed by atoms with Crippen molar-refractivity contribution >= 4 is 15.9 Å². The maximum absolute atomic E-state index is 12.2. The average molecular weight is 348 g/mol. The molecule has 0 heterocycles. The van der Waals surface area contributed by atoms with E-state index in [-0.39, 0.29) is 24.0 Å². The van der Waals surface area contributed by atoms with Crippen LogP contribution in [0.3, 0.4) is 0 Å². The van der Waals surface area contributed by atoms with Crippen LogP contribution in [-0.2, 0) is 21.3 Å². The maximum atomic E-state index is 12.2. The summed E-state index contributed by atoms with van der Waals surface area (Å²) in [5.41, 5.74) is 1.26. The Morgan fingerprint density at radius 1 is 1.08 bits per heavy atom. The molecule has 0 aromatic heterocycles. The van der Waals surface area contributed by atoms with Gasteiger partial charge in [-0.1, -0.05) is 36.4 Å². The number of carbonyl (C=O) groups excluding carboxylic acids is 1. The quantitative estimate of drug-likeness (QED) is 0.709. The lowest BCUT2D eigenvalue weighted by atomic mass is 10.2. The molecule has 0 saturated heterocycles. The van der Waals surface area contributed by atoms with Gasteiger partial charge in [0.15, 0.2) is 0 Å². The van der Waals surface area contributed by atoms with Crippen LogP contribution in [0.1, 0.15) is 15.9 Å². The maximum Gasteiger partial charge on any atom is 0.251 e. The first-order chi connectivity index (χ1) is 11.5. The molecule has 0 radical (unpaired) electrons. The standard InChI is InChI=1S/C17H20N2O4S/c1-23-11-10-19-24(21,22)16-9-5-8-15(12-16)17(20)18-13-14-6-3-2-4-7-14/h2-9,12,19H,10-11,13H2,1H3,(H,18,20). The molecule has 7 heteroatoms. The Kier molecular flexibility index (Phi) is 6.48. The van der Waals surface area contributed by atoms with E-state index in [2.05, 4.69) is 10.0 Å². The van der Waals surface area contributed by atoms with Crippen molar-refractivity contribution in [2.75, 3.05) is 20.3 Å². The van der Waals surface area contributed by atoms with Crippen molar-refractivity contribution in [3.63, 3.8) is 0 Å². The number of rotatable bonds is 8. The second kappa shape index (κ2) is 8.58. The fourth-order valence-corrected chi connectivity index (χ4v) is 3.10. The molecule has 6 nitrogen and oxygen atoms in total. The van der Waals surface area contributed by atoms with Gasteiger partial charge in [0.05, 0.1) is 11.5 Å². The average Bonchev–Trinajstić information content (AvgIpc) is 2.61. The number of methoxy groups -OCH3 is 1. The minimum Gasteiger partial charge on any atom is -0.383 e. The highest BCUT2D eigenvalue weighted by Crippen LogP contribution is 2.11. The van der Waals surface area contributed by atoms with E-state index in [0.717, 1.165) is 5.56 Å². The minimum atomic E-state index is -3.67. The molecule has 0 fully saturated rings. The van der Waals surface area contributed by atoms with Crippen LogP contribution in [0.15, 0.2) is 59.5 Å². The number of ether oxygens (including phenoxy) is 1. The first-order valence-corrected chi connectivity index (χ1v) is 8.92. The van der Waals surface area contributed by atoms with E-state index in [1.54, 1.807) is 12.1 Å². The molecular weight excluding hydrogens is 328 g/mol. The van der Waals surface area contributed by atoms with Gasteiger partial charge in [0.25, 0.3) is 5.91 Å². The summed E-state index contributed by atoms with van der Waals surface area (Å²) in [6.07, 6.45) is 0. The fourth-order valence-electron chi connectivity index (χ4n) is 2.05. The molecule has 2 aromatic rings. The van der Waals surface area contributed by atoms with Gasteiger partial charge in [0.2, 0.25) is 10.0 Å². The summed E-state index contributed by atoms with van der Waals surface area (Å²) in [5.74, 6) is -0.326. The zero-order chi connectivity index (χ0) is 17.4. The van der Waals surface area contributed by atoms with Crippen LogP contribution < -0.4 is 10.0 Å². The molecule has 0 aliphatic rings. The number of hydrogen-bond acceptors (Lipinski definition) is 4. The zero-order valence-electron chi connectivity index (χ0n) is 13.4. The van der Waals surface area contributed by atoms with Gasteiger partial charge in [-0.3, -0.25) is 4.79 Å². The molecule has 0 bridgehead atoms. The molecule has 0 atom stereocenters. The van der Waals surface area contributed by atoms with Crippen LogP contribution in [-0.4, -0.2) is 34.6 Å². The molecule has 128 valence electrons. The van der Waals surface area contributed by atoms with Crippen LogP contribution in [0.25, 0.3) is 0 Å². The first-order valence-electron chi connectivity index (χ1n) is 7.44. The number of hydrogen-bond donors (Lipinski definition) is 2. The lowest BCUT2D eigenvalue weighted by Crippen LogP contribution is -2.28. The third kappa shape index (κ3) is 5.16. The van der Waals surface area contributed by atoms with Gasteiger partial charge in [-0.2, -0.15) is 0 Å². The Labute approximate surface area is 141 Å². The Balaban J connectivity index is 2.05. The second-order valence-electron chi connectivity index (χ2n) is 5.09. The van der Waals surface area contributed by atoms with Crippen LogP contribution in [0.2, 0.25) is 0 Å². The molecule has 2 N–H and O–H groups in total. The fraction of sp³-hybridized carbons (Fsp3) is 0.235.